The van der Waals surface area contributed by atoms with Gasteiger partial charge in [-0.15, -0.1) is 11.3 Å². The lowest BCUT2D eigenvalue weighted by Crippen LogP contribution is -2.38. The zero-order valence-electron chi connectivity index (χ0n) is 8.65. The van der Waals surface area contributed by atoms with Gasteiger partial charge in [0.1, 0.15) is 0 Å². The van der Waals surface area contributed by atoms with Crippen molar-refractivity contribution in [3.8, 4) is 0 Å². The van der Waals surface area contributed by atoms with Gasteiger partial charge in [-0.3, -0.25) is 4.79 Å². The molecule has 3 nitrogen and oxygen atoms in total. The molecule has 1 saturated heterocycles. The highest BCUT2D eigenvalue weighted by Gasteiger charge is 2.51. The molecule has 1 aromatic heterocycles. The number of hydrogen-bond donors (Lipinski definition) is 1. The van der Waals surface area contributed by atoms with Crippen LogP contribution in [0.4, 0.5) is 0 Å². The molecule has 1 saturated carbocycles. The van der Waals surface area contributed by atoms with Gasteiger partial charge < -0.3 is 10.0 Å². The monoisotopic (exact) mass is 301 g/mol. The van der Waals surface area contributed by atoms with Crippen molar-refractivity contribution in [2.75, 3.05) is 6.54 Å². The molecule has 2 heterocycles. The Morgan fingerprint density at radius 1 is 1.50 bits per heavy atom. The summed E-state index contributed by atoms with van der Waals surface area (Å²) in [5, 5.41) is 10.5. The highest BCUT2D eigenvalue weighted by molar-refractivity contribution is 9.11. The van der Waals surface area contributed by atoms with Crippen LogP contribution in [0, 0.1) is 0 Å². The zero-order valence-corrected chi connectivity index (χ0v) is 11.1. The number of likely N-dealkylation sites (tertiary alicyclic amines) is 1. The lowest BCUT2D eigenvalue weighted by atomic mass is 10.0. The van der Waals surface area contributed by atoms with Gasteiger partial charge >= 0.3 is 0 Å². The molecule has 1 aliphatic heterocycles. The Kier molecular flexibility index (Phi) is 2.38. The standard InChI is InChI=1S/C11H12BrNO2S/c12-9-4-3-8(16-9)11(15)5-6-13(10(11)14)7-1-2-7/h3-4,7,15H,1-2,5-6H2. The molecule has 2 aliphatic rings. The number of amides is 1. The summed E-state index contributed by atoms with van der Waals surface area (Å²) in [5.74, 6) is -0.107. The molecule has 1 N–H and O–H groups in total. The van der Waals surface area contributed by atoms with Gasteiger partial charge in [0.05, 0.1) is 3.79 Å². The summed E-state index contributed by atoms with van der Waals surface area (Å²) in [6.45, 7) is 0.690. The second-order valence-electron chi connectivity index (χ2n) is 4.44. The summed E-state index contributed by atoms with van der Waals surface area (Å²) in [4.78, 5) is 14.8. The van der Waals surface area contributed by atoms with E-state index in [9.17, 15) is 9.90 Å². The number of carbonyl (C=O) groups excluding carboxylic acids is 1. The minimum absolute atomic E-state index is 0.107. The van der Waals surface area contributed by atoms with E-state index in [1.54, 1.807) is 0 Å². The van der Waals surface area contributed by atoms with Gasteiger partial charge in [-0.2, -0.15) is 0 Å². The molecule has 86 valence electrons. The van der Waals surface area contributed by atoms with Gasteiger partial charge in [-0.25, -0.2) is 0 Å². The van der Waals surface area contributed by atoms with E-state index >= 15 is 0 Å². The van der Waals surface area contributed by atoms with Gasteiger partial charge in [0, 0.05) is 23.9 Å². The summed E-state index contributed by atoms with van der Waals surface area (Å²) in [6, 6.07) is 4.11. The second kappa shape index (κ2) is 3.55. The third kappa shape index (κ3) is 1.53. The van der Waals surface area contributed by atoms with Crippen molar-refractivity contribution in [3.63, 3.8) is 0 Å². The van der Waals surface area contributed by atoms with E-state index in [2.05, 4.69) is 15.9 Å². The van der Waals surface area contributed by atoms with Crippen molar-refractivity contribution >= 4 is 33.2 Å². The number of rotatable bonds is 2. The number of thiophene rings is 1. The fraction of sp³-hybridized carbons (Fsp3) is 0.545. The van der Waals surface area contributed by atoms with E-state index in [4.69, 9.17) is 0 Å². The Morgan fingerprint density at radius 3 is 2.81 bits per heavy atom. The van der Waals surface area contributed by atoms with E-state index in [0.29, 0.717) is 19.0 Å². The largest absolute Gasteiger partial charge is 0.375 e. The molecule has 0 radical (unpaired) electrons. The normalized spacial score (nSPS) is 30.1. The number of aliphatic hydroxyl groups is 1. The Balaban J connectivity index is 1.91. The lowest BCUT2D eigenvalue weighted by molar-refractivity contribution is -0.144. The van der Waals surface area contributed by atoms with Crippen LogP contribution in [0.25, 0.3) is 0 Å². The Hall–Kier alpha value is -0.390. The van der Waals surface area contributed by atoms with Crippen LogP contribution in [0.5, 0.6) is 0 Å². The lowest BCUT2D eigenvalue weighted by Gasteiger charge is -2.20. The average molecular weight is 302 g/mol. The first-order valence-electron chi connectivity index (χ1n) is 5.40. The second-order valence-corrected chi connectivity index (χ2v) is 6.91. The van der Waals surface area contributed by atoms with Crippen LogP contribution >= 0.6 is 27.3 Å². The molecule has 1 aromatic rings. The van der Waals surface area contributed by atoms with Gasteiger partial charge in [0.25, 0.3) is 5.91 Å². The molecule has 1 atom stereocenters. The van der Waals surface area contributed by atoms with Crippen molar-refractivity contribution in [2.24, 2.45) is 0 Å². The maximum atomic E-state index is 12.2. The van der Waals surface area contributed by atoms with Crippen LogP contribution in [0.3, 0.4) is 0 Å². The molecule has 5 heteroatoms. The first kappa shape index (κ1) is 10.7. The van der Waals surface area contributed by atoms with Crippen molar-refractivity contribution in [3.05, 3.63) is 20.8 Å². The topological polar surface area (TPSA) is 40.5 Å². The fourth-order valence-corrected chi connectivity index (χ4v) is 3.72. The SMILES string of the molecule is O=C1N(C2CC2)CCC1(O)c1ccc(Br)s1. The summed E-state index contributed by atoms with van der Waals surface area (Å²) in [5.41, 5.74) is -1.26. The molecule has 1 unspecified atom stereocenters. The predicted octanol–water partition coefficient (Wildman–Crippen LogP) is 2.09. The van der Waals surface area contributed by atoms with Crippen LogP contribution in [-0.2, 0) is 10.4 Å². The van der Waals surface area contributed by atoms with Crippen molar-refractivity contribution in [2.45, 2.75) is 30.9 Å². The van der Waals surface area contributed by atoms with Crippen LogP contribution in [0.15, 0.2) is 15.9 Å². The van der Waals surface area contributed by atoms with Gasteiger partial charge in [-0.1, -0.05) is 0 Å². The Labute approximate surface area is 106 Å². The minimum Gasteiger partial charge on any atom is -0.375 e. The van der Waals surface area contributed by atoms with Crippen molar-refractivity contribution in [1.29, 1.82) is 0 Å². The van der Waals surface area contributed by atoms with Crippen molar-refractivity contribution in [1.82, 2.24) is 4.90 Å². The zero-order chi connectivity index (χ0) is 11.3. The number of hydrogen-bond acceptors (Lipinski definition) is 3. The summed E-state index contributed by atoms with van der Waals surface area (Å²) >= 11 is 4.80. The summed E-state index contributed by atoms with van der Waals surface area (Å²) in [7, 11) is 0. The average Bonchev–Trinajstić information content (AvgIpc) is 2.92. The highest BCUT2D eigenvalue weighted by atomic mass is 79.9. The third-order valence-electron chi connectivity index (χ3n) is 3.30. The van der Waals surface area contributed by atoms with E-state index < -0.39 is 5.60 Å². The molecule has 16 heavy (non-hydrogen) atoms. The Morgan fingerprint density at radius 2 is 2.25 bits per heavy atom. The minimum atomic E-state index is -1.26. The van der Waals surface area contributed by atoms with Gasteiger partial charge in [0.15, 0.2) is 5.60 Å². The smallest absolute Gasteiger partial charge is 0.260 e. The Bertz CT molecular complexity index is 443. The van der Waals surface area contributed by atoms with E-state index in [1.165, 1.54) is 11.3 Å². The number of halogens is 1. The third-order valence-corrected chi connectivity index (χ3v) is 5.07. The summed E-state index contributed by atoms with van der Waals surface area (Å²) < 4.78 is 0.952. The van der Waals surface area contributed by atoms with Crippen LogP contribution < -0.4 is 0 Å². The predicted molar refractivity (Wildman–Crippen MR) is 65.3 cm³/mol. The van der Waals surface area contributed by atoms with Gasteiger partial charge in [0.2, 0.25) is 0 Å². The quantitative estimate of drug-likeness (QED) is 0.909. The highest BCUT2D eigenvalue weighted by Crippen LogP contribution is 2.42. The molecule has 0 spiro atoms. The maximum Gasteiger partial charge on any atom is 0.260 e. The van der Waals surface area contributed by atoms with Gasteiger partial charge in [-0.05, 0) is 40.9 Å². The maximum absolute atomic E-state index is 12.2. The number of nitrogens with zero attached hydrogens (tertiary/aromatic N) is 1. The fourth-order valence-electron chi connectivity index (χ4n) is 2.23. The summed E-state index contributed by atoms with van der Waals surface area (Å²) in [6.07, 6.45) is 2.71. The molecular weight excluding hydrogens is 290 g/mol. The molecule has 0 bridgehead atoms. The molecular formula is C11H12BrNO2S. The molecule has 2 fully saturated rings. The van der Waals surface area contributed by atoms with E-state index in [-0.39, 0.29) is 5.91 Å². The van der Waals surface area contributed by atoms with E-state index in [1.807, 2.05) is 17.0 Å². The van der Waals surface area contributed by atoms with Crippen LogP contribution in [0.1, 0.15) is 24.1 Å². The molecule has 0 aromatic carbocycles. The first-order valence-corrected chi connectivity index (χ1v) is 7.01. The van der Waals surface area contributed by atoms with E-state index in [0.717, 1.165) is 21.5 Å². The molecule has 1 amide bonds. The number of carbonyl (C=O) groups is 1. The van der Waals surface area contributed by atoms with Crippen molar-refractivity contribution < 1.29 is 9.90 Å². The molecule has 1 aliphatic carbocycles. The first-order chi connectivity index (χ1) is 7.61. The molecule has 3 rings (SSSR count). The van der Waals surface area contributed by atoms with Crippen LogP contribution in [-0.4, -0.2) is 28.5 Å². The van der Waals surface area contributed by atoms with Crippen LogP contribution in [0.2, 0.25) is 0 Å².